The van der Waals surface area contributed by atoms with Crippen molar-refractivity contribution in [1.29, 1.82) is 0 Å². The molecule has 1 aromatic carbocycles. The summed E-state index contributed by atoms with van der Waals surface area (Å²) in [7, 11) is 0. The van der Waals surface area contributed by atoms with Crippen molar-refractivity contribution in [2.75, 3.05) is 26.2 Å². The standard InChI is InChI=1S/C16H22N2O2/c1-2-8-20-14-5-3-4-12(9-14)16(19)18-7-6-13-10-17-11-15(13)18/h3-5,9,13,15,17H,2,6-8,10-11H2,1H3/t13-,15+/m0/s1. The molecule has 0 radical (unpaired) electrons. The van der Waals surface area contributed by atoms with E-state index in [1.807, 2.05) is 29.2 Å². The van der Waals surface area contributed by atoms with Gasteiger partial charge in [0.05, 0.1) is 6.61 Å². The maximum atomic E-state index is 12.7. The molecule has 2 aliphatic heterocycles. The molecule has 20 heavy (non-hydrogen) atoms. The van der Waals surface area contributed by atoms with Crippen LogP contribution >= 0.6 is 0 Å². The maximum absolute atomic E-state index is 12.7. The molecule has 4 heteroatoms. The van der Waals surface area contributed by atoms with Crippen molar-refractivity contribution < 1.29 is 9.53 Å². The molecule has 2 saturated heterocycles. The van der Waals surface area contributed by atoms with Gasteiger partial charge in [0.1, 0.15) is 5.75 Å². The van der Waals surface area contributed by atoms with Gasteiger partial charge in [-0.2, -0.15) is 0 Å². The molecule has 0 unspecified atom stereocenters. The first-order chi connectivity index (χ1) is 9.79. The zero-order valence-electron chi connectivity index (χ0n) is 12.0. The molecule has 2 aliphatic rings. The molecule has 0 bridgehead atoms. The summed E-state index contributed by atoms with van der Waals surface area (Å²) in [5.41, 5.74) is 0.742. The van der Waals surface area contributed by atoms with Gasteiger partial charge in [0.2, 0.25) is 0 Å². The van der Waals surface area contributed by atoms with Gasteiger partial charge in [0, 0.05) is 31.2 Å². The van der Waals surface area contributed by atoms with Gasteiger partial charge in [-0.25, -0.2) is 0 Å². The van der Waals surface area contributed by atoms with E-state index in [2.05, 4.69) is 12.2 Å². The summed E-state index contributed by atoms with van der Waals surface area (Å²) in [6.07, 6.45) is 2.09. The highest BCUT2D eigenvalue weighted by Crippen LogP contribution is 2.29. The predicted molar refractivity (Wildman–Crippen MR) is 78.0 cm³/mol. The Morgan fingerprint density at radius 2 is 2.35 bits per heavy atom. The minimum Gasteiger partial charge on any atom is -0.494 e. The number of hydrogen-bond acceptors (Lipinski definition) is 3. The average Bonchev–Trinajstić information content (AvgIpc) is 3.07. The number of carbonyl (C=O) groups is 1. The number of benzene rings is 1. The monoisotopic (exact) mass is 274 g/mol. The normalized spacial score (nSPS) is 24.8. The van der Waals surface area contributed by atoms with Crippen LogP contribution in [0.4, 0.5) is 0 Å². The van der Waals surface area contributed by atoms with Crippen LogP contribution in [0, 0.1) is 5.92 Å². The fraction of sp³-hybridized carbons (Fsp3) is 0.562. The Labute approximate surface area is 120 Å². The molecule has 4 nitrogen and oxygen atoms in total. The van der Waals surface area contributed by atoms with E-state index < -0.39 is 0 Å². The van der Waals surface area contributed by atoms with Crippen LogP contribution in [0.25, 0.3) is 0 Å². The number of nitrogens with zero attached hydrogens (tertiary/aromatic N) is 1. The third kappa shape index (κ3) is 2.52. The number of likely N-dealkylation sites (tertiary alicyclic amines) is 1. The Bertz CT molecular complexity index is 489. The van der Waals surface area contributed by atoms with Crippen LogP contribution in [0.3, 0.4) is 0 Å². The zero-order valence-corrected chi connectivity index (χ0v) is 12.0. The van der Waals surface area contributed by atoms with Crippen LogP contribution in [0.1, 0.15) is 30.1 Å². The first kappa shape index (κ1) is 13.4. The molecule has 1 aromatic rings. The molecule has 0 saturated carbocycles. The average molecular weight is 274 g/mol. The van der Waals surface area contributed by atoms with E-state index in [0.717, 1.165) is 43.8 Å². The highest BCUT2D eigenvalue weighted by Gasteiger charge is 2.40. The van der Waals surface area contributed by atoms with E-state index >= 15 is 0 Å². The lowest BCUT2D eigenvalue weighted by atomic mass is 10.0. The number of rotatable bonds is 4. The molecule has 2 atom stereocenters. The van der Waals surface area contributed by atoms with Crippen LogP contribution in [-0.2, 0) is 0 Å². The number of ether oxygens (including phenoxy) is 1. The van der Waals surface area contributed by atoms with Crippen molar-refractivity contribution in [3.8, 4) is 5.75 Å². The second kappa shape index (κ2) is 5.83. The van der Waals surface area contributed by atoms with Crippen LogP contribution in [-0.4, -0.2) is 43.1 Å². The second-order valence-electron chi connectivity index (χ2n) is 5.65. The lowest BCUT2D eigenvalue weighted by molar-refractivity contribution is 0.0736. The van der Waals surface area contributed by atoms with Crippen molar-refractivity contribution in [3.63, 3.8) is 0 Å². The van der Waals surface area contributed by atoms with Crippen molar-refractivity contribution in [3.05, 3.63) is 29.8 Å². The Morgan fingerprint density at radius 3 is 3.20 bits per heavy atom. The van der Waals surface area contributed by atoms with Crippen molar-refractivity contribution in [2.24, 2.45) is 5.92 Å². The molecular formula is C16H22N2O2. The molecule has 3 rings (SSSR count). The second-order valence-corrected chi connectivity index (χ2v) is 5.65. The van der Waals surface area contributed by atoms with Crippen LogP contribution in [0.5, 0.6) is 5.75 Å². The van der Waals surface area contributed by atoms with E-state index in [1.54, 1.807) is 0 Å². The maximum Gasteiger partial charge on any atom is 0.254 e. The van der Waals surface area contributed by atoms with Crippen LogP contribution in [0.15, 0.2) is 24.3 Å². The summed E-state index contributed by atoms with van der Waals surface area (Å²) in [4.78, 5) is 14.7. The van der Waals surface area contributed by atoms with E-state index in [4.69, 9.17) is 4.74 Å². The van der Waals surface area contributed by atoms with Gasteiger partial charge in [-0.15, -0.1) is 0 Å². The number of hydrogen-bond donors (Lipinski definition) is 1. The van der Waals surface area contributed by atoms with E-state index in [0.29, 0.717) is 18.6 Å². The Balaban J connectivity index is 1.73. The fourth-order valence-electron chi connectivity index (χ4n) is 3.21. The van der Waals surface area contributed by atoms with E-state index in [-0.39, 0.29) is 5.91 Å². The largest absolute Gasteiger partial charge is 0.494 e. The SMILES string of the molecule is CCCOc1cccc(C(=O)N2CC[C@H]3CNC[C@H]32)c1. The van der Waals surface area contributed by atoms with E-state index in [9.17, 15) is 4.79 Å². The number of fused-ring (bicyclic) bond motifs is 1. The van der Waals surface area contributed by atoms with Gasteiger partial charge in [-0.3, -0.25) is 4.79 Å². The quantitative estimate of drug-likeness (QED) is 0.912. The van der Waals surface area contributed by atoms with Gasteiger partial charge in [-0.1, -0.05) is 13.0 Å². The minimum atomic E-state index is 0.142. The summed E-state index contributed by atoms with van der Waals surface area (Å²) in [5.74, 6) is 1.57. The lowest BCUT2D eigenvalue weighted by Crippen LogP contribution is -2.39. The molecule has 2 fully saturated rings. The van der Waals surface area contributed by atoms with Crippen molar-refractivity contribution in [1.82, 2.24) is 10.2 Å². The molecule has 2 heterocycles. The molecule has 0 aliphatic carbocycles. The third-order valence-corrected chi connectivity index (χ3v) is 4.26. The molecule has 0 spiro atoms. The number of amides is 1. The predicted octanol–water partition coefficient (Wildman–Crippen LogP) is 1.91. The molecule has 0 aromatic heterocycles. The highest BCUT2D eigenvalue weighted by molar-refractivity contribution is 5.95. The van der Waals surface area contributed by atoms with Gasteiger partial charge < -0.3 is 15.0 Å². The number of nitrogens with one attached hydrogen (secondary N) is 1. The van der Waals surface area contributed by atoms with Crippen molar-refractivity contribution in [2.45, 2.75) is 25.8 Å². The van der Waals surface area contributed by atoms with E-state index in [1.165, 1.54) is 0 Å². The highest BCUT2D eigenvalue weighted by atomic mass is 16.5. The first-order valence-corrected chi connectivity index (χ1v) is 7.54. The Hall–Kier alpha value is -1.55. The first-order valence-electron chi connectivity index (χ1n) is 7.54. The smallest absolute Gasteiger partial charge is 0.254 e. The van der Waals surface area contributed by atoms with Crippen molar-refractivity contribution >= 4 is 5.91 Å². The summed E-state index contributed by atoms with van der Waals surface area (Å²) in [6.45, 7) is 5.63. The Morgan fingerprint density at radius 1 is 1.45 bits per heavy atom. The van der Waals surface area contributed by atoms with Gasteiger partial charge >= 0.3 is 0 Å². The lowest BCUT2D eigenvalue weighted by Gasteiger charge is -2.23. The van der Waals surface area contributed by atoms with Gasteiger partial charge in [-0.05, 0) is 37.0 Å². The summed E-state index contributed by atoms with van der Waals surface area (Å²) >= 11 is 0. The summed E-state index contributed by atoms with van der Waals surface area (Å²) < 4.78 is 5.61. The van der Waals surface area contributed by atoms with Gasteiger partial charge in [0.15, 0.2) is 0 Å². The Kier molecular flexibility index (Phi) is 3.92. The molecule has 1 N–H and O–H groups in total. The zero-order chi connectivity index (χ0) is 13.9. The van der Waals surface area contributed by atoms with Gasteiger partial charge in [0.25, 0.3) is 5.91 Å². The fourth-order valence-corrected chi connectivity index (χ4v) is 3.21. The molecule has 1 amide bonds. The summed E-state index contributed by atoms with van der Waals surface area (Å²) in [6, 6.07) is 7.95. The summed E-state index contributed by atoms with van der Waals surface area (Å²) in [5, 5.41) is 3.38. The molecular weight excluding hydrogens is 252 g/mol. The number of carbonyl (C=O) groups excluding carboxylic acids is 1. The van der Waals surface area contributed by atoms with Crippen LogP contribution < -0.4 is 10.1 Å². The topological polar surface area (TPSA) is 41.6 Å². The van der Waals surface area contributed by atoms with Crippen LogP contribution in [0.2, 0.25) is 0 Å². The minimum absolute atomic E-state index is 0.142. The third-order valence-electron chi connectivity index (χ3n) is 4.26. The molecule has 108 valence electrons.